The number of methoxy groups -OCH3 is 1. The number of nitrogens with one attached hydrogen (secondary N) is 1. The molecule has 3 N–H and O–H groups in total. The largest absolute Gasteiger partial charge is 0.497 e. The summed E-state index contributed by atoms with van der Waals surface area (Å²) < 4.78 is 10.4. The van der Waals surface area contributed by atoms with Crippen molar-refractivity contribution in [1.29, 1.82) is 0 Å². The van der Waals surface area contributed by atoms with E-state index < -0.39 is 0 Å². The third kappa shape index (κ3) is 6.31. The lowest BCUT2D eigenvalue weighted by atomic mass is 10.2. The second kappa shape index (κ2) is 8.61. The van der Waals surface area contributed by atoms with Crippen molar-refractivity contribution in [2.45, 2.75) is 26.4 Å². The van der Waals surface area contributed by atoms with Gasteiger partial charge in [-0.2, -0.15) is 0 Å². The minimum absolute atomic E-state index is 0. The summed E-state index contributed by atoms with van der Waals surface area (Å²) in [7, 11) is 1.56. The van der Waals surface area contributed by atoms with E-state index in [1.165, 1.54) is 0 Å². The highest BCUT2D eigenvalue weighted by atomic mass is 35.5. The summed E-state index contributed by atoms with van der Waals surface area (Å²) in [6.45, 7) is 4.25. The molecule has 0 aromatic heterocycles. The summed E-state index contributed by atoms with van der Waals surface area (Å²) in [5, 5.41) is 2.73. The first-order chi connectivity index (χ1) is 8.52. The van der Waals surface area contributed by atoms with Gasteiger partial charge in [-0.15, -0.1) is 12.4 Å². The number of benzene rings is 1. The van der Waals surface area contributed by atoms with Gasteiger partial charge in [-0.1, -0.05) is 0 Å². The molecule has 0 saturated heterocycles. The molecule has 5 nitrogen and oxygen atoms in total. The Bertz CT molecular complexity index is 411. The maximum atomic E-state index is 11.7. The minimum Gasteiger partial charge on any atom is -0.497 e. The monoisotopic (exact) mass is 288 g/mol. The van der Waals surface area contributed by atoms with Crippen LogP contribution in [0.1, 0.15) is 20.3 Å². The Balaban J connectivity index is 0.00000324. The molecule has 1 aromatic rings. The number of halogens is 1. The molecule has 6 heteroatoms. The Morgan fingerprint density at radius 1 is 1.42 bits per heavy atom. The summed E-state index contributed by atoms with van der Waals surface area (Å²) in [6.07, 6.45) is 0.425. The van der Waals surface area contributed by atoms with Gasteiger partial charge in [-0.25, -0.2) is 0 Å². The summed E-state index contributed by atoms with van der Waals surface area (Å²) >= 11 is 0. The number of carbonyl (C=O) groups excluding carboxylic acids is 1. The molecule has 1 rings (SSSR count). The number of nitrogens with two attached hydrogens (primary N) is 1. The summed E-state index contributed by atoms with van der Waals surface area (Å²) in [5.41, 5.74) is 6.84. The highest BCUT2D eigenvalue weighted by Crippen LogP contribution is 2.24. The van der Waals surface area contributed by atoms with Crippen LogP contribution in [0.5, 0.6) is 5.75 Å². The summed E-state index contributed by atoms with van der Waals surface area (Å²) in [5.74, 6) is 0.522. The molecule has 1 amide bonds. The third-order valence-electron chi connectivity index (χ3n) is 2.31. The van der Waals surface area contributed by atoms with Crippen LogP contribution >= 0.6 is 12.4 Å². The van der Waals surface area contributed by atoms with Crippen molar-refractivity contribution in [2.75, 3.05) is 24.8 Å². The first-order valence-corrected chi connectivity index (χ1v) is 5.88. The van der Waals surface area contributed by atoms with Crippen molar-refractivity contribution in [1.82, 2.24) is 0 Å². The van der Waals surface area contributed by atoms with Crippen LogP contribution in [0, 0.1) is 0 Å². The maximum Gasteiger partial charge on any atom is 0.226 e. The average Bonchev–Trinajstić information content (AvgIpc) is 2.31. The Morgan fingerprint density at radius 2 is 2.11 bits per heavy atom. The zero-order valence-corrected chi connectivity index (χ0v) is 12.3. The molecule has 0 unspecified atom stereocenters. The second-order valence-electron chi connectivity index (χ2n) is 4.17. The Hall–Kier alpha value is -1.46. The lowest BCUT2D eigenvalue weighted by Crippen LogP contribution is -2.16. The topological polar surface area (TPSA) is 73.6 Å². The molecular formula is C13H21ClN2O3. The van der Waals surface area contributed by atoms with Crippen LogP contribution in [0.4, 0.5) is 11.4 Å². The van der Waals surface area contributed by atoms with E-state index in [1.807, 2.05) is 13.8 Å². The van der Waals surface area contributed by atoms with Gasteiger partial charge in [0.25, 0.3) is 0 Å². The van der Waals surface area contributed by atoms with E-state index in [9.17, 15) is 4.79 Å². The van der Waals surface area contributed by atoms with Crippen molar-refractivity contribution in [3.63, 3.8) is 0 Å². The molecule has 0 bridgehead atoms. The number of hydrogen-bond acceptors (Lipinski definition) is 4. The normalized spacial score (nSPS) is 9.89. The van der Waals surface area contributed by atoms with Gasteiger partial charge in [0.1, 0.15) is 5.75 Å². The number of rotatable bonds is 6. The molecular weight excluding hydrogens is 268 g/mol. The van der Waals surface area contributed by atoms with E-state index in [4.69, 9.17) is 15.2 Å². The first kappa shape index (κ1) is 17.5. The quantitative estimate of drug-likeness (QED) is 0.789. The molecule has 0 aliphatic carbocycles. The van der Waals surface area contributed by atoms with Crippen LogP contribution in [0.15, 0.2) is 18.2 Å². The first-order valence-electron chi connectivity index (χ1n) is 5.88. The smallest absolute Gasteiger partial charge is 0.226 e. The molecule has 1 aromatic carbocycles. The Kier molecular flexibility index (Phi) is 7.95. The van der Waals surface area contributed by atoms with Gasteiger partial charge in [0, 0.05) is 6.07 Å². The van der Waals surface area contributed by atoms with E-state index in [0.717, 1.165) is 0 Å². The van der Waals surface area contributed by atoms with Gasteiger partial charge in [-0.05, 0) is 26.0 Å². The van der Waals surface area contributed by atoms with Gasteiger partial charge in [0.15, 0.2) is 0 Å². The van der Waals surface area contributed by atoms with Crippen molar-refractivity contribution < 1.29 is 14.3 Å². The Labute approximate surface area is 119 Å². The molecule has 0 radical (unpaired) electrons. The van der Waals surface area contributed by atoms with Crippen LogP contribution in [0.2, 0.25) is 0 Å². The van der Waals surface area contributed by atoms with Crippen molar-refractivity contribution in [3.05, 3.63) is 18.2 Å². The van der Waals surface area contributed by atoms with Gasteiger partial charge in [0.05, 0.1) is 37.6 Å². The van der Waals surface area contributed by atoms with Crippen LogP contribution < -0.4 is 15.8 Å². The summed E-state index contributed by atoms with van der Waals surface area (Å²) in [4.78, 5) is 11.7. The predicted octanol–water partition coefficient (Wildman–Crippen LogP) is 2.45. The molecule has 0 heterocycles. The van der Waals surface area contributed by atoms with E-state index in [2.05, 4.69) is 5.32 Å². The average molecular weight is 289 g/mol. The molecule has 0 aliphatic heterocycles. The van der Waals surface area contributed by atoms with Crippen LogP contribution in [-0.2, 0) is 9.53 Å². The fourth-order valence-corrected chi connectivity index (χ4v) is 1.37. The van der Waals surface area contributed by atoms with Gasteiger partial charge >= 0.3 is 0 Å². The van der Waals surface area contributed by atoms with Crippen molar-refractivity contribution >= 4 is 29.7 Å². The zero-order valence-electron chi connectivity index (χ0n) is 11.4. The van der Waals surface area contributed by atoms with Gasteiger partial charge in [-0.3, -0.25) is 4.79 Å². The van der Waals surface area contributed by atoms with E-state index in [1.54, 1.807) is 25.3 Å². The highest BCUT2D eigenvalue weighted by Gasteiger charge is 2.07. The molecule has 108 valence electrons. The third-order valence-corrected chi connectivity index (χ3v) is 2.31. The minimum atomic E-state index is -0.129. The highest BCUT2D eigenvalue weighted by molar-refractivity contribution is 5.94. The van der Waals surface area contributed by atoms with Crippen LogP contribution in [0.25, 0.3) is 0 Å². The van der Waals surface area contributed by atoms with Crippen molar-refractivity contribution in [3.8, 4) is 5.75 Å². The SMILES string of the molecule is COc1ccc(N)c(NC(=O)CCOC(C)C)c1.Cl. The molecule has 19 heavy (non-hydrogen) atoms. The van der Waals surface area contributed by atoms with E-state index in [0.29, 0.717) is 30.2 Å². The molecule has 0 saturated carbocycles. The standard InChI is InChI=1S/C13H20N2O3.ClH/c1-9(2)18-7-6-13(16)15-12-8-10(17-3)4-5-11(12)14;/h4-5,8-9H,6-7,14H2,1-3H3,(H,15,16);1H. The lowest BCUT2D eigenvalue weighted by molar-refractivity contribution is -0.117. The second-order valence-corrected chi connectivity index (χ2v) is 4.17. The molecule has 0 fully saturated rings. The number of ether oxygens (including phenoxy) is 2. The number of nitrogen functional groups attached to an aromatic ring is 1. The fraction of sp³-hybridized carbons (Fsp3) is 0.462. The number of carbonyl (C=O) groups is 1. The van der Waals surface area contributed by atoms with Crippen LogP contribution in [-0.4, -0.2) is 25.7 Å². The number of anilines is 2. The van der Waals surface area contributed by atoms with Crippen LogP contribution in [0.3, 0.4) is 0 Å². The van der Waals surface area contributed by atoms with E-state index in [-0.39, 0.29) is 24.4 Å². The predicted molar refractivity (Wildman–Crippen MR) is 79.0 cm³/mol. The van der Waals surface area contributed by atoms with Gasteiger partial charge < -0.3 is 20.5 Å². The fourth-order valence-electron chi connectivity index (χ4n) is 1.37. The zero-order chi connectivity index (χ0) is 13.5. The van der Waals surface area contributed by atoms with Crippen molar-refractivity contribution in [2.24, 2.45) is 0 Å². The molecule has 0 atom stereocenters. The number of amides is 1. The molecule has 0 aliphatic rings. The lowest BCUT2D eigenvalue weighted by Gasteiger charge is -2.11. The van der Waals surface area contributed by atoms with Gasteiger partial charge in [0.2, 0.25) is 5.91 Å². The Morgan fingerprint density at radius 3 is 2.68 bits per heavy atom. The maximum absolute atomic E-state index is 11.7. The van der Waals surface area contributed by atoms with E-state index >= 15 is 0 Å². The molecule has 0 spiro atoms. The summed E-state index contributed by atoms with van der Waals surface area (Å²) in [6, 6.07) is 5.13. The number of hydrogen-bond donors (Lipinski definition) is 2.